The monoisotopic (exact) mass is 643 g/mol. The van der Waals surface area contributed by atoms with E-state index in [4.69, 9.17) is 9.47 Å². The Bertz CT molecular complexity index is 1500. The minimum Gasteiger partial charge on any atom is -0.448 e. The van der Waals surface area contributed by atoms with Crippen LogP contribution in [0.2, 0.25) is 0 Å². The lowest BCUT2D eigenvalue weighted by Crippen LogP contribution is -2.70. The average molecular weight is 644 g/mol. The predicted octanol–water partition coefficient (Wildman–Crippen LogP) is 5.10. The second kappa shape index (κ2) is 12.6. The molecule has 3 aliphatic rings. The molecule has 2 atom stereocenters. The molecule has 3 amide bonds. The Hall–Kier alpha value is -4.26. The van der Waals surface area contributed by atoms with E-state index in [1.807, 2.05) is 12.1 Å². The highest BCUT2D eigenvalue weighted by Gasteiger charge is 2.55. The number of amides is 3. The fourth-order valence-corrected chi connectivity index (χ4v) is 6.61. The number of β-lactam (4-membered cyclic amide) rings is 1. The third kappa shape index (κ3) is 7.35. The number of benzene rings is 2. The van der Waals surface area contributed by atoms with Gasteiger partial charge < -0.3 is 19.7 Å². The van der Waals surface area contributed by atoms with Crippen LogP contribution in [0, 0.1) is 0 Å². The van der Waals surface area contributed by atoms with Gasteiger partial charge in [0.15, 0.2) is 6.10 Å². The first kappa shape index (κ1) is 32.1. The van der Waals surface area contributed by atoms with Crippen molar-refractivity contribution >= 4 is 35.6 Å². The zero-order valence-electron chi connectivity index (χ0n) is 24.8. The number of nitrogens with one attached hydrogen (secondary N) is 1. The summed E-state index contributed by atoms with van der Waals surface area (Å²) in [4.78, 5) is 54.8. The van der Waals surface area contributed by atoms with Crippen LogP contribution in [0.25, 0.3) is 0 Å². The number of fused-ring (bicyclic) bond motifs is 1. The van der Waals surface area contributed by atoms with E-state index in [1.54, 1.807) is 69.3 Å². The summed E-state index contributed by atoms with van der Waals surface area (Å²) in [5.74, 6) is -2.10. The molecule has 2 fully saturated rings. The topological polar surface area (TPSA) is 105 Å². The van der Waals surface area contributed by atoms with Crippen LogP contribution in [0.5, 0.6) is 0 Å². The van der Waals surface area contributed by atoms with Gasteiger partial charge in [0.1, 0.15) is 29.3 Å². The molecule has 0 saturated carbocycles. The highest BCUT2D eigenvalue weighted by molar-refractivity contribution is 8.00. The molecule has 45 heavy (non-hydrogen) atoms. The fraction of sp³-hybridized carbons (Fsp3) is 0.375. The number of likely N-dealkylation sites (tertiary alicyclic amines) is 1. The van der Waals surface area contributed by atoms with Gasteiger partial charge in [0.25, 0.3) is 5.91 Å². The molecule has 0 aliphatic carbocycles. The number of alkyl carbamates (subject to hydrolysis) is 1. The van der Waals surface area contributed by atoms with Gasteiger partial charge in [-0.05, 0) is 50.0 Å². The maximum atomic E-state index is 14.1. The zero-order valence-corrected chi connectivity index (χ0v) is 25.6. The number of rotatable bonds is 7. The van der Waals surface area contributed by atoms with Gasteiger partial charge in [0.05, 0.1) is 0 Å². The summed E-state index contributed by atoms with van der Waals surface area (Å²) in [5.41, 5.74) is 0.778. The first-order chi connectivity index (χ1) is 21.2. The highest BCUT2D eigenvalue weighted by Crippen LogP contribution is 2.42. The van der Waals surface area contributed by atoms with Gasteiger partial charge in [-0.3, -0.25) is 14.5 Å². The Morgan fingerprint density at radius 3 is 2.18 bits per heavy atom. The van der Waals surface area contributed by atoms with Crippen molar-refractivity contribution in [1.29, 1.82) is 0 Å². The van der Waals surface area contributed by atoms with E-state index < -0.39 is 59.7 Å². The Morgan fingerprint density at radius 1 is 1.02 bits per heavy atom. The lowest BCUT2D eigenvalue weighted by molar-refractivity contribution is -0.156. The van der Waals surface area contributed by atoms with E-state index in [0.717, 1.165) is 0 Å². The molecule has 0 aromatic heterocycles. The van der Waals surface area contributed by atoms with Crippen LogP contribution in [-0.2, 0) is 23.9 Å². The van der Waals surface area contributed by atoms with Crippen molar-refractivity contribution in [2.75, 3.05) is 18.8 Å². The van der Waals surface area contributed by atoms with Crippen LogP contribution in [0.3, 0.4) is 0 Å². The largest absolute Gasteiger partial charge is 0.448 e. The molecule has 1 N–H and O–H groups in total. The van der Waals surface area contributed by atoms with Gasteiger partial charge in [-0.1, -0.05) is 60.7 Å². The zero-order chi connectivity index (χ0) is 32.5. The number of allylic oxidation sites excluding steroid dienone is 1. The van der Waals surface area contributed by atoms with Crippen molar-refractivity contribution in [3.05, 3.63) is 94.7 Å². The van der Waals surface area contributed by atoms with Crippen molar-refractivity contribution < 1.29 is 41.8 Å². The summed E-state index contributed by atoms with van der Waals surface area (Å²) in [6, 6.07) is 17.0. The minimum absolute atomic E-state index is 0.0439. The first-order valence-corrected chi connectivity index (χ1v) is 15.3. The standard InChI is InChI=1S/C32H32F3N3O6S/c1-31(2,3)44-30(42)36-23-27(40)38-24(29(41)43-25(19-10-6-4-7-11-19)20-12-8-5-9-13-20)22(17-45-28(23)38)16-21-14-15-37(26(21)39)18-32(33,34)35/h4-13,16,23,25,28H,14-15,17-18H2,1-3H3,(H,36,42)/b21-16+. The summed E-state index contributed by atoms with van der Waals surface area (Å²) < 4.78 is 50.5. The number of carbonyl (C=O) groups excluding carboxylic acids is 4. The van der Waals surface area contributed by atoms with Crippen molar-refractivity contribution in [3.63, 3.8) is 0 Å². The molecule has 2 aromatic carbocycles. The van der Waals surface area contributed by atoms with E-state index in [0.29, 0.717) is 16.0 Å². The third-order valence-corrected chi connectivity index (χ3v) is 8.53. The maximum absolute atomic E-state index is 14.1. The maximum Gasteiger partial charge on any atom is 0.408 e. The van der Waals surface area contributed by atoms with Crippen molar-refractivity contribution in [3.8, 4) is 0 Å². The average Bonchev–Trinajstić information content (AvgIpc) is 3.31. The van der Waals surface area contributed by atoms with E-state index in [9.17, 15) is 32.3 Å². The molecule has 3 aliphatic heterocycles. The molecule has 0 spiro atoms. The number of esters is 1. The minimum atomic E-state index is -4.56. The number of hydrogen-bond donors (Lipinski definition) is 1. The molecule has 3 heterocycles. The smallest absolute Gasteiger partial charge is 0.408 e. The summed E-state index contributed by atoms with van der Waals surface area (Å²) in [7, 11) is 0. The summed E-state index contributed by atoms with van der Waals surface area (Å²) >= 11 is 1.24. The van der Waals surface area contributed by atoms with E-state index in [1.165, 1.54) is 22.7 Å². The molecule has 13 heteroatoms. The molecular weight excluding hydrogens is 611 g/mol. The second-order valence-corrected chi connectivity index (χ2v) is 12.9. The van der Waals surface area contributed by atoms with Crippen LogP contribution in [0.1, 0.15) is 44.4 Å². The third-order valence-electron chi connectivity index (χ3n) is 7.22. The number of thioether (sulfide) groups is 1. The van der Waals surface area contributed by atoms with Crippen molar-refractivity contribution in [2.45, 2.75) is 56.5 Å². The molecule has 238 valence electrons. The number of alkyl halides is 3. The van der Waals surface area contributed by atoms with Crippen LogP contribution < -0.4 is 5.32 Å². The van der Waals surface area contributed by atoms with Crippen molar-refractivity contribution in [2.24, 2.45) is 0 Å². The van der Waals surface area contributed by atoms with Crippen LogP contribution in [0.15, 0.2) is 83.6 Å². The van der Waals surface area contributed by atoms with E-state index >= 15 is 0 Å². The van der Waals surface area contributed by atoms with Crippen LogP contribution in [-0.4, -0.2) is 75.7 Å². The Labute approximate surface area is 262 Å². The van der Waals surface area contributed by atoms with Gasteiger partial charge in [-0.15, -0.1) is 11.8 Å². The van der Waals surface area contributed by atoms with Crippen LogP contribution >= 0.6 is 11.8 Å². The quantitative estimate of drug-likeness (QED) is 0.254. The van der Waals surface area contributed by atoms with Gasteiger partial charge in [0.2, 0.25) is 5.91 Å². The van der Waals surface area contributed by atoms with Crippen molar-refractivity contribution in [1.82, 2.24) is 15.1 Å². The highest BCUT2D eigenvalue weighted by atomic mass is 32.2. The lowest BCUT2D eigenvalue weighted by atomic mass is 10.00. The summed E-state index contributed by atoms with van der Waals surface area (Å²) in [6.45, 7) is 3.55. The van der Waals surface area contributed by atoms with E-state index in [2.05, 4.69) is 5.32 Å². The number of carbonyl (C=O) groups is 4. The summed E-state index contributed by atoms with van der Waals surface area (Å²) in [6.07, 6.45) is -4.77. The second-order valence-electron chi connectivity index (χ2n) is 11.8. The van der Waals surface area contributed by atoms with Crippen LogP contribution in [0.4, 0.5) is 18.0 Å². The predicted molar refractivity (Wildman–Crippen MR) is 159 cm³/mol. The molecule has 5 rings (SSSR count). The molecule has 2 aromatic rings. The van der Waals surface area contributed by atoms with Gasteiger partial charge in [-0.2, -0.15) is 13.2 Å². The lowest BCUT2D eigenvalue weighted by Gasteiger charge is -2.49. The molecule has 0 bridgehead atoms. The molecule has 9 nitrogen and oxygen atoms in total. The summed E-state index contributed by atoms with van der Waals surface area (Å²) in [5, 5.41) is 1.89. The number of halogens is 3. The molecule has 2 unspecified atom stereocenters. The Kier molecular flexibility index (Phi) is 9.02. The van der Waals surface area contributed by atoms with Gasteiger partial charge in [-0.25, -0.2) is 9.59 Å². The SMILES string of the molecule is CC(C)(C)OC(=O)NC1C(=O)N2C(C(=O)OC(c3ccccc3)c3ccccc3)=C(/C=C3\CCN(CC(F)(F)F)C3=O)CSC12. The number of ether oxygens (including phenoxy) is 2. The molecule has 0 radical (unpaired) electrons. The molecular formula is C32H32F3N3O6S. The normalized spacial score (nSPS) is 21.2. The van der Waals surface area contributed by atoms with Gasteiger partial charge >= 0.3 is 18.2 Å². The Balaban J connectivity index is 1.49. The fourth-order valence-electron chi connectivity index (χ4n) is 5.30. The van der Waals surface area contributed by atoms with E-state index in [-0.39, 0.29) is 35.6 Å². The first-order valence-electron chi connectivity index (χ1n) is 14.3. The van der Waals surface area contributed by atoms with Gasteiger partial charge in [0, 0.05) is 17.9 Å². The number of nitrogens with zero attached hydrogens (tertiary/aromatic N) is 2. The Morgan fingerprint density at radius 2 is 1.62 bits per heavy atom. The number of hydrogen-bond acceptors (Lipinski definition) is 7. The molecule has 2 saturated heterocycles.